The zero-order valence-electron chi connectivity index (χ0n) is 9.60. The van der Waals surface area contributed by atoms with E-state index in [1.807, 2.05) is 12.3 Å². The first-order chi connectivity index (χ1) is 8.06. The van der Waals surface area contributed by atoms with Crippen LogP contribution in [0.4, 0.5) is 5.82 Å². The molecule has 1 amide bonds. The summed E-state index contributed by atoms with van der Waals surface area (Å²) < 4.78 is 0. The lowest BCUT2D eigenvalue weighted by Crippen LogP contribution is -2.26. The third-order valence-corrected chi connectivity index (χ3v) is 3.06. The van der Waals surface area contributed by atoms with Crippen molar-refractivity contribution in [3.63, 3.8) is 0 Å². The second kappa shape index (κ2) is 4.54. The predicted molar refractivity (Wildman–Crippen MR) is 65.6 cm³/mol. The van der Waals surface area contributed by atoms with Gasteiger partial charge >= 0.3 is 0 Å². The third-order valence-electron chi connectivity index (χ3n) is 2.24. The number of nitrogens with two attached hydrogens (primary N) is 1. The molecule has 0 saturated heterocycles. The predicted octanol–water partition coefficient (Wildman–Crippen LogP) is 1.03. The van der Waals surface area contributed by atoms with Crippen molar-refractivity contribution >= 4 is 23.1 Å². The first-order valence-electron chi connectivity index (χ1n) is 5.03. The Kier molecular flexibility index (Phi) is 3.10. The smallest absolute Gasteiger partial charge is 0.272 e. The van der Waals surface area contributed by atoms with E-state index >= 15 is 0 Å². The number of nitrogens with one attached hydrogen (secondary N) is 1. The lowest BCUT2D eigenvalue weighted by molar-refractivity contribution is 0.0777. The molecular weight excluding hydrogens is 238 g/mol. The number of hydrogen-bond donors (Lipinski definition) is 2. The van der Waals surface area contributed by atoms with Crippen LogP contribution in [0.2, 0.25) is 0 Å². The van der Waals surface area contributed by atoms with Crippen LogP contribution in [0.15, 0.2) is 11.4 Å². The highest BCUT2D eigenvalue weighted by Crippen LogP contribution is 2.11. The molecule has 0 bridgehead atoms. The summed E-state index contributed by atoms with van der Waals surface area (Å²) in [4.78, 5) is 17.8. The third kappa shape index (κ3) is 2.62. The van der Waals surface area contributed by atoms with Gasteiger partial charge in [0.2, 0.25) is 0 Å². The summed E-state index contributed by atoms with van der Waals surface area (Å²) in [6.07, 6.45) is 0. The minimum absolute atomic E-state index is 0.153. The van der Waals surface area contributed by atoms with Gasteiger partial charge in [0.1, 0.15) is 11.5 Å². The number of amides is 1. The molecule has 0 aliphatic heterocycles. The van der Waals surface area contributed by atoms with E-state index in [0.717, 1.165) is 10.7 Å². The largest absolute Gasteiger partial charge is 0.382 e. The van der Waals surface area contributed by atoms with Crippen LogP contribution in [0, 0.1) is 6.92 Å². The van der Waals surface area contributed by atoms with Crippen LogP contribution in [-0.2, 0) is 6.54 Å². The van der Waals surface area contributed by atoms with Gasteiger partial charge in [0, 0.05) is 18.5 Å². The summed E-state index contributed by atoms with van der Waals surface area (Å²) in [5.41, 5.74) is 6.72. The van der Waals surface area contributed by atoms with Crippen molar-refractivity contribution in [2.45, 2.75) is 13.5 Å². The maximum absolute atomic E-state index is 11.9. The number of aromatic nitrogens is 3. The molecule has 0 aromatic carbocycles. The SMILES string of the molecule is Cc1nc(CN(C)C(=O)c2cc(N)n[nH]2)cs1. The molecule has 0 spiro atoms. The minimum Gasteiger partial charge on any atom is -0.382 e. The van der Waals surface area contributed by atoms with Crippen LogP contribution in [0.25, 0.3) is 0 Å². The molecule has 0 fully saturated rings. The van der Waals surface area contributed by atoms with Crippen LogP contribution >= 0.6 is 11.3 Å². The number of thiazole rings is 1. The lowest BCUT2D eigenvalue weighted by atomic mass is 10.3. The molecule has 2 aromatic heterocycles. The number of aromatic amines is 1. The van der Waals surface area contributed by atoms with Crippen molar-refractivity contribution < 1.29 is 4.79 Å². The number of H-pyrrole nitrogens is 1. The van der Waals surface area contributed by atoms with E-state index in [2.05, 4.69) is 15.2 Å². The highest BCUT2D eigenvalue weighted by atomic mass is 32.1. The molecule has 0 aliphatic carbocycles. The Morgan fingerprint density at radius 3 is 2.94 bits per heavy atom. The van der Waals surface area contributed by atoms with Crippen molar-refractivity contribution in [1.29, 1.82) is 0 Å². The van der Waals surface area contributed by atoms with E-state index in [1.54, 1.807) is 23.3 Å². The Labute approximate surface area is 102 Å². The average Bonchev–Trinajstić information content (AvgIpc) is 2.87. The quantitative estimate of drug-likeness (QED) is 0.852. The highest BCUT2D eigenvalue weighted by molar-refractivity contribution is 7.09. The molecule has 3 N–H and O–H groups in total. The van der Waals surface area contributed by atoms with E-state index in [0.29, 0.717) is 18.1 Å². The number of rotatable bonds is 3. The molecule has 2 rings (SSSR count). The van der Waals surface area contributed by atoms with Crippen molar-refractivity contribution in [2.24, 2.45) is 0 Å². The van der Waals surface area contributed by atoms with Gasteiger partial charge in [0.25, 0.3) is 5.91 Å². The molecule has 0 saturated carbocycles. The first-order valence-corrected chi connectivity index (χ1v) is 5.91. The van der Waals surface area contributed by atoms with E-state index in [4.69, 9.17) is 5.73 Å². The Bertz CT molecular complexity index is 532. The molecular formula is C10H13N5OS. The number of nitrogen functional groups attached to an aromatic ring is 1. The second-order valence-electron chi connectivity index (χ2n) is 3.73. The normalized spacial score (nSPS) is 10.5. The van der Waals surface area contributed by atoms with Gasteiger partial charge < -0.3 is 10.6 Å². The molecule has 0 radical (unpaired) electrons. The van der Waals surface area contributed by atoms with E-state index in [1.165, 1.54) is 6.07 Å². The number of carbonyl (C=O) groups is 1. The summed E-state index contributed by atoms with van der Waals surface area (Å²) >= 11 is 1.57. The summed E-state index contributed by atoms with van der Waals surface area (Å²) in [7, 11) is 1.72. The Hall–Kier alpha value is -1.89. The average molecular weight is 251 g/mol. The molecule has 0 aliphatic rings. The fraction of sp³-hybridized carbons (Fsp3) is 0.300. The number of anilines is 1. The lowest BCUT2D eigenvalue weighted by Gasteiger charge is -2.14. The Morgan fingerprint density at radius 2 is 2.41 bits per heavy atom. The monoisotopic (exact) mass is 251 g/mol. The molecule has 0 atom stereocenters. The Morgan fingerprint density at radius 1 is 1.65 bits per heavy atom. The standard InChI is InChI=1S/C10H13N5OS/c1-6-12-7(5-17-6)4-15(2)10(16)8-3-9(11)14-13-8/h3,5H,4H2,1-2H3,(H3,11,13,14). The molecule has 2 aromatic rings. The van der Waals surface area contributed by atoms with Gasteiger partial charge in [0.15, 0.2) is 0 Å². The van der Waals surface area contributed by atoms with Crippen LogP contribution in [-0.4, -0.2) is 33.0 Å². The topological polar surface area (TPSA) is 87.9 Å². The molecule has 7 heteroatoms. The maximum atomic E-state index is 11.9. The first kappa shape index (κ1) is 11.6. The zero-order chi connectivity index (χ0) is 12.4. The van der Waals surface area contributed by atoms with E-state index < -0.39 is 0 Å². The van der Waals surface area contributed by atoms with Crippen molar-refractivity contribution in [1.82, 2.24) is 20.1 Å². The summed E-state index contributed by atoms with van der Waals surface area (Å²) in [5, 5.41) is 9.25. The van der Waals surface area contributed by atoms with E-state index in [-0.39, 0.29) is 5.91 Å². The molecule has 17 heavy (non-hydrogen) atoms. The van der Waals surface area contributed by atoms with Crippen molar-refractivity contribution in [3.05, 3.63) is 27.8 Å². The maximum Gasteiger partial charge on any atom is 0.272 e. The highest BCUT2D eigenvalue weighted by Gasteiger charge is 2.15. The van der Waals surface area contributed by atoms with Gasteiger partial charge in [-0.05, 0) is 6.92 Å². The number of hydrogen-bond acceptors (Lipinski definition) is 5. The van der Waals surface area contributed by atoms with Crippen LogP contribution in [0.3, 0.4) is 0 Å². The van der Waals surface area contributed by atoms with Gasteiger partial charge in [0.05, 0.1) is 17.2 Å². The fourth-order valence-electron chi connectivity index (χ4n) is 1.45. The molecule has 2 heterocycles. The second-order valence-corrected chi connectivity index (χ2v) is 4.79. The summed E-state index contributed by atoms with van der Waals surface area (Å²) in [6, 6.07) is 1.52. The zero-order valence-corrected chi connectivity index (χ0v) is 10.4. The van der Waals surface area contributed by atoms with Gasteiger partial charge in [-0.2, -0.15) is 5.10 Å². The minimum atomic E-state index is -0.153. The van der Waals surface area contributed by atoms with Crippen molar-refractivity contribution in [2.75, 3.05) is 12.8 Å². The molecule has 90 valence electrons. The molecule has 6 nitrogen and oxygen atoms in total. The van der Waals surface area contributed by atoms with E-state index in [9.17, 15) is 4.79 Å². The number of aryl methyl sites for hydroxylation is 1. The van der Waals surface area contributed by atoms with Gasteiger partial charge in [-0.15, -0.1) is 11.3 Å². The van der Waals surface area contributed by atoms with Gasteiger partial charge in [-0.25, -0.2) is 4.98 Å². The van der Waals surface area contributed by atoms with Crippen LogP contribution < -0.4 is 5.73 Å². The summed E-state index contributed by atoms with van der Waals surface area (Å²) in [5.74, 6) is 0.158. The number of nitrogens with zero attached hydrogens (tertiary/aromatic N) is 3. The van der Waals surface area contributed by atoms with Crippen LogP contribution in [0.1, 0.15) is 21.2 Å². The Balaban J connectivity index is 2.05. The fourth-order valence-corrected chi connectivity index (χ4v) is 2.05. The van der Waals surface area contributed by atoms with Gasteiger partial charge in [-0.1, -0.05) is 0 Å². The number of carbonyl (C=O) groups excluding carboxylic acids is 1. The van der Waals surface area contributed by atoms with Crippen molar-refractivity contribution in [3.8, 4) is 0 Å². The van der Waals surface area contributed by atoms with Gasteiger partial charge in [-0.3, -0.25) is 9.89 Å². The molecule has 0 unspecified atom stereocenters. The summed E-state index contributed by atoms with van der Waals surface area (Å²) in [6.45, 7) is 2.41. The van der Waals surface area contributed by atoms with Crippen LogP contribution in [0.5, 0.6) is 0 Å².